The number of oxime groups is 1. The van der Waals surface area contributed by atoms with Crippen LogP contribution in [0.2, 0.25) is 0 Å². The van der Waals surface area contributed by atoms with Crippen molar-refractivity contribution in [2.45, 2.75) is 19.4 Å². The number of hydrogen-bond acceptors (Lipinski definition) is 5. The lowest BCUT2D eigenvalue weighted by Crippen LogP contribution is -2.31. The Morgan fingerprint density at radius 3 is 2.80 bits per heavy atom. The average Bonchev–Trinajstić information content (AvgIpc) is 2.89. The van der Waals surface area contributed by atoms with Gasteiger partial charge in [0.05, 0.1) is 11.6 Å². The molecule has 2 rings (SSSR count). The molecule has 0 saturated heterocycles. The predicted molar refractivity (Wildman–Crippen MR) is 75.5 cm³/mol. The first-order chi connectivity index (χ1) is 9.70. The SMILES string of the molecule is Cc1cc(CNCC(C(N)=NO)c2ccccc2)no1. The van der Waals surface area contributed by atoms with E-state index in [1.807, 2.05) is 43.3 Å². The Bertz CT molecular complexity index is 566. The molecule has 20 heavy (non-hydrogen) atoms. The van der Waals surface area contributed by atoms with E-state index >= 15 is 0 Å². The number of aromatic nitrogens is 1. The Hall–Kier alpha value is -2.34. The van der Waals surface area contributed by atoms with Gasteiger partial charge in [-0.15, -0.1) is 0 Å². The van der Waals surface area contributed by atoms with Crippen LogP contribution in [0.1, 0.15) is 22.9 Å². The normalized spacial score (nSPS) is 13.3. The molecule has 106 valence electrons. The van der Waals surface area contributed by atoms with Crippen molar-refractivity contribution in [3.63, 3.8) is 0 Å². The minimum absolute atomic E-state index is 0.181. The van der Waals surface area contributed by atoms with Crippen LogP contribution in [0.25, 0.3) is 0 Å². The van der Waals surface area contributed by atoms with E-state index in [1.165, 1.54) is 0 Å². The number of nitrogens with one attached hydrogen (secondary N) is 1. The van der Waals surface area contributed by atoms with E-state index in [4.69, 9.17) is 15.5 Å². The van der Waals surface area contributed by atoms with E-state index in [0.29, 0.717) is 13.1 Å². The van der Waals surface area contributed by atoms with Gasteiger partial charge in [0.25, 0.3) is 0 Å². The molecule has 1 aromatic heterocycles. The highest BCUT2D eigenvalue weighted by Crippen LogP contribution is 2.15. The van der Waals surface area contributed by atoms with Crippen molar-refractivity contribution in [2.75, 3.05) is 6.54 Å². The lowest BCUT2D eigenvalue weighted by molar-refractivity contribution is 0.315. The summed E-state index contributed by atoms with van der Waals surface area (Å²) in [5, 5.41) is 19.1. The lowest BCUT2D eigenvalue weighted by Gasteiger charge is -2.16. The molecule has 0 fully saturated rings. The van der Waals surface area contributed by atoms with Gasteiger partial charge in [-0.05, 0) is 12.5 Å². The summed E-state index contributed by atoms with van der Waals surface area (Å²) in [5.41, 5.74) is 7.58. The molecular formula is C14H18N4O2. The molecule has 0 amide bonds. The van der Waals surface area contributed by atoms with E-state index in [0.717, 1.165) is 17.0 Å². The molecule has 1 unspecified atom stereocenters. The first-order valence-corrected chi connectivity index (χ1v) is 6.36. The second-order valence-electron chi connectivity index (χ2n) is 4.55. The molecule has 1 atom stereocenters. The number of aryl methyl sites for hydroxylation is 1. The minimum Gasteiger partial charge on any atom is -0.409 e. The van der Waals surface area contributed by atoms with Gasteiger partial charge in [0.15, 0.2) is 0 Å². The van der Waals surface area contributed by atoms with Crippen LogP contribution in [0.15, 0.2) is 46.1 Å². The maximum Gasteiger partial charge on any atom is 0.147 e. The molecule has 0 saturated carbocycles. The fourth-order valence-electron chi connectivity index (χ4n) is 1.99. The number of amidine groups is 1. The summed E-state index contributed by atoms with van der Waals surface area (Å²) in [6.45, 7) is 2.96. The third-order valence-electron chi connectivity index (χ3n) is 3.01. The number of hydrogen-bond donors (Lipinski definition) is 3. The molecule has 0 bridgehead atoms. The second kappa shape index (κ2) is 6.72. The van der Waals surface area contributed by atoms with E-state index < -0.39 is 0 Å². The summed E-state index contributed by atoms with van der Waals surface area (Å²) in [4.78, 5) is 0. The highest BCUT2D eigenvalue weighted by molar-refractivity contribution is 5.87. The van der Waals surface area contributed by atoms with Crippen LogP contribution in [0, 0.1) is 6.92 Å². The average molecular weight is 274 g/mol. The summed E-state index contributed by atoms with van der Waals surface area (Å²) >= 11 is 0. The summed E-state index contributed by atoms with van der Waals surface area (Å²) in [6.07, 6.45) is 0. The summed E-state index contributed by atoms with van der Waals surface area (Å²) in [6, 6.07) is 11.5. The Kier molecular flexibility index (Phi) is 4.73. The molecule has 1 aromatic carbocycles. The van der Waals surface area contributed by atoms with E-state index in [9.17, 15) is 0 Å². The molecule has 2 aromatic rings. The van der Waals surface area contributed by atoms with Crippen LogP contribution in [-0.2, 0) is 6.54 Å². The molecule has 1 heterocycles. The Balaban J connectivity index is 1.98. The van der Waals surface area contributed by atoms with Gasteiger partial charge in [-0.3, -0.25) is 0 Å². The van der Waals surface area contributed by atoms with Crippen LogP contribution in [-0.4, -0.2) is 22.7 Å². The highest BCUT2D eigenvalue weighted by atomic mass is 16.5. The second-order valence-corrected chi connectivity index (χ2v) is 4.55. The standard InChI is InChI=1S/C14H18N4O2/c1-10-7-12(18-20-10)8-16-9-13(14(15)17-19)11-5-3-2-4-6-11/h2-7,13,16,19H,8-9H2,1H3,(H2,15,17). The summed E-state index contributed by atoms with van der Waals surface area (Å²) in [5.74, 6) is 0.770. The predicted octanol–water partition coefficient (Wildman–Crippen LogP) is 1.60. The molecule has 0 spiro atoms. The maximum absolute atomic E-state index is 8.89. The van der Waals surface area contributed by atoms with Gasteiger partial charge in [-0.1, -0.05) is 40.6 Å². The van der Waals surface area contributed by atoms with Crippen LogP contribution >= 0.6 is 0 Å². The smallest absolute Gasteiger partial charge is 0.147 e. The monoisotopic (exact) mass is 274 g/mol. The quantitative estimate of drug-likeness (QED) is 0.322. The molecule has 0 aliphatic heterocycles. The maximum atomic E-state index is 8.89. The Labute approximate surface area is 117 Å². The molecule has 0 aliphatic rings. The Morgan fingerprint density at radius 2 is 2.20 bits per heavy atom. The number of nitrogens with two attached hydrogens (primary N) is 1. The molecule has 6 heteroatoms. The minimum atomic E-state index is -0.186. The molecule has 4 N–H and O–H groups in total. The van der Waals surface area contributed by atoms with Crippen molar-refractivity contribution >= 4 is 5.84 Å². The van der Waals surface area contributed by atoms with Gasteiger partial charge in [0.2, 0.25) is 0 Å². The first-order valence-electron chi connectivity index (χ1n) is 6.36. The van der Waals surface area contributed by atoms with Crippen LogP contribution in [0.4, 0.5) is 0 Å². The van der Waals surface area contributed by atoms with Crippen molar-refractivity contribution < 1.29 is 9.73 Å². The van der Waals surface area contributed by atoms with Crippen LogP contribution in [0.3, 0.4) is 0 Å². The summed E-state index contributed by atoms with van der Waals surface area (Å²) in [7, 11) is 0. The van der Waals surface area contributed by atoms with Gasteiger partial charge in [0, 0.05) is 19.2 Å². The van der Waals surface area contributed by atoms with Crippen LogP contribution < -0.4 is 11.1 Å². The van der Waals surface area contributed by atoms with Crippen LogP contribution in [0.5, 0.6) is 0 Å². The van der Waals surface area contributed by atoms with E-state index in [1.54, 1.807) is 0 Å². The van der Waals surface area contributed by atoms with Gasteiger partial charge in [-0.2, -0.15) is 0 Å². The molecule has 6 nitrogen and oxygen atoms in total. The van der Waals surface area contributed by atoms with Gasteiger partial charge < -0.3 is 20.8 Å². The van der Waals surface area contributed by atoms with Crippen molar-refractivity contribution in [1.82, 2.24) is 10.5 Å². The lowest BCUT2D eigenvalue weighted by atomic mass is 9.98. The van der Waals surface area contributed by atoms with Crippen molar-refractivity contribution in [3.8, 4) is 0 Å². The zero-order chi connectivity index (χ0) is 14.4. The van der Waals surface area contributed by atoms with Gasteiger partial charge in [-0.25, -0.2) is 0 Å². The van der Waals surface area contributed by atoms with Crippen molar-refractivity contribution in [2.24, 2.45) is 10.9 Å². The summed E-state index contributed by atoms with van der Waals surface area (Å²) < 4.78 is 5.00. The molecule has 0 aliphatic carbocycles. The Morgan fingerprint density at radius 1 is 1.45 bits per heavy atom. The fourth-order valence-corrected chi connectivity index (χ4v) is 1.99. The zero-order valence-electron chi connectivity index (χ0n) is 11.3. The number of benzene rings is 1. The zero-order valence-corrected chi connectivity index (χ0v) is 11.3. The van der Waals surface area contributed by atoms with Crippen molar-refractivity contribution in [3.05, 3.63) is 53.4 Å². The van der Waals surface area contributed by atoms with E-state index in [2.05, 4.69) is 15.6 Å². The van der Waals surface area contributed by atoms with Crippen molar-refractivity contribution in [1.29, 1.82) is 0 Å². The molecule has 0 radical (unpaired) electrons. The highest BCUT2D eigenvalue weighted by Gasteiger charge is 2.16. The van der Waals surface area contributed by atoms with Gasteiger partial charge in [0.1, 0.15) is 11.6 Å². The largest absolute Gasteiger partial charge is 0.409 e. The third-order valence-corrected chi connectivity index (χ3v) is 3.01. The number of rotatable bonds is 6. The van der Waals surface area contributed by atoms with E-state index in [-0.39, 0.29) is 11.8 Å². The topological polar surface area (TPSA) is 96.7 Å². The van der Waals surface area contributed by atoms with Gasteiger partial charge >= 0.3 is 0 Å². The number of nitrogens with zero attached hydrogens (tertiary/aromatic N) is 2. The molecular weight excluding hydrogens is 256 g/mol. The third kappa shape index (κ3) is 3.58. The first kappa shape index (κ1) is 14.1. The fraction of sp³-hybridized carbons (Fsp3) is 0.286.